The van der Waals surface area contributed by atoms with Crippen LogP contribution < -0.4 is 0 Å². The van der Waals surface area contributed by atoms with Gasteiger partial charge in [0.15, 0.2) is 5.78 Å². The predicted octanol–water partition coefficient (Wildman–Crippen LogP) is 5.83. The fourth-order valence-electron chi connectivity index (χ4n) is 3.02. The summed E-state index contributed by atoms with van der Waals surface area (Å²) in [5.41, 5.74) is 2.92. The van der Waals surface area contributed by atoms with E-state index in [1.165, 1.54) is 0 Å². The molecule has 1 aliphatic rings. The van der Waals surface area contributed by atoms with Gasteiger partial charge in [0.25, 0.3) is 0 Å². The predicted molar refractivity (Wildman–Crippen MR) is 108 cm³/mol. The van der Waals surface area contributed by atoms with Crippen LogP contribution in [0, 0.1) is 0 Å². The van der Waals surface area contributed by atoms with Gasteiger partial charge in [-0.05, 0) is 45.6 Å². The molecule has 0 N–H and O–H groups in total. The SMILES string of the molecule is CC(C)(C)c1ncc(Br)c(C2CC(=O)C=C(c3ccccc3Br)C2)n1. The Bertz CT molecular complexity index is 853. The van der Waals surface area contributed by atoms with Gasteiger partial charge in [-0.3, -0.25) is 4.79 Å². The van der Waals surface area contributed by atoms with Crippen LogP contribution in [-0.4, -0.2) is 15.8 Å². The lowest BCUT2D eigenvalue weighted by Gasteiger charge is -2.25. The summed E-state index contributed by atoms with van der Waals surface area (Å²) in [5, 5.41) is 0. The van der Waals surface area contributed by atoms with Crippen molar-refractivity contribution < 1.29 is 4.79 Å². The molecular formula is C20H20Br2N2O. The molecule has 0 aliphatic heterocycles. The number of hydrogen-bond acceptors (Lipinski definition) is 3. The molecule has 0 fully saturated rings. The summed E-state index contributed by atoms with van der Waals surface area (Å²) in [7, 11) is 0. The third-order valence-corrected chi connectivity index (χ3v) is 5.60. The van der Waals surface area contributed by atoms with Gasteiger partial charge in [-0.2, -0.15) is 0 Å². The standard InChI is InChI=1S/C20H20Br2N2O/c1-20(2,3)19-23-11-17(22)18(24-19)13-8-12(9-14(25)10-13)15-6-4-5-7-16(15)21/h4-7,9,11,13H,8,10H2,1-3H3. The van der Waals surface area contributed by atoms with Gasteiger partial charge in [-0.1, -0.05) is 54.9 Å². The van der Waals surface area contributed by atoms with Crippen LogP contribution in [-0.2, 0) is 10.2 Å². The van der Waals surface area contributed by atoms with E-state index >= 15 is 0 Å². The van der Waals surface area contributed by atoms with Gasteiger partial charge in [-0.25, -0.2) is 9.97 Å². The number of ketones is 1. The zero-order valence-electron chi connectivity index (χ0n) is 14.5. The van der Waals surface area contributed by atoms with Crippen molar-refractivity contribution in [1.82, 2.24) is 9.97 Å². The van der Waals surface area contributed by atoms with Crippen molar-refractivity contribution in [3.8, 4) is 0 Å². The van der Waals surface area contributed by atoms with Crippen molar-refractivity contribution in [2.75, 3.05) is 0 Å². The minimum Gasteiger partial charge on any atom is -0.295 e. The van der Waals surface area contributed by atoms with Crippen molar-refractivity contribution in [3.05, 3.63) is 62.6 Å². The summed E-state index contributed by atoms with van der Waals surface area (Å²) in [4.78, 5) is 21.6. The van der Waals surface area contributed by atoms with Crippen LogP contribution in [0.3, 0.4) is 0 Å². The summed E-state index contributed by atoms with van der Waals surface area (Å²) in [6, 6.07) is 8.02. The van der Waals surface area contributed by atoms with Crippen molar-refractivity contribution >= 4 is 43.2 Å². The van der Waals surface area contributed by atoms with Gasteiger partial charge < -0.3 is 0 Å². The Balaban J connectivity index is 1.99. The number of nitrogens with zero attached hydrogens (tertiary/aromatic N) is 2. The smallest absolute Gasteiger partial charge is 0.156 e. The molecule has 25 heavy (non-hydrogen) atoms. The Morgan fingerprint density at radius 2 is 1.80 bits per heavy atom. The van der Waals surface area contributed by atoms with Gasteiger partial charge in [0, 0.05) is 28.4 Å². The van der Waals surface area contributed by atoms with Gasteiger partial charge in [0.05, 0.1) is 10.2 Å². The first kappa shape index (κ1) is 18.5. The number of carbonyl (C=O) groups excluding carboxylic acids is 1. The van der Waals surface area contributed by atoms with E-state index in [0.717, 1.165) is 38.0 Å². The van der Waals surface area contributed by atoms with E-state index in [9.17, 15) is 4.79 Å². The van der Waals surface area contributed by atoms with Gasteiger partial charge in [0.2, 0.25) is 0 Å². The molecule has 3 nitrogen and oxygen atoms in total. The number of allylic oxidation sites excluding steroid dienone is 2. The highest BCUT2D eigenvalue weighted by molar-refractivity contribution is 9.10. The molecule has 1 heterocycles. The second kappa shape index (κ2) is 7.12. The maximum Gasteiger partial charge on any atom is 0.156 e. The summed E-state index contributed by atoms with van der Waals surface area (Å²) in [6.07, 6.45) is 4.85. The molecule has 0 saturated heterocycles. The monoisotopic (exact) mass is 462 g/mol. The third-order valence-electron chi connectivity index (χ3n) is 4.30. The summed E-state index contributed by atoms with van der Waals surface area (Å²) in [5.74, 6) is 0.998. The lowest BCUT2D eigenvalue weighted by molar-refractivity contribution is -0.115. The van der Waals surface area contributed by atoms with Crippen molar-refractivity contribution in [2.24, 2.45) is 0 Å². The second-order valence-corrected chi connectivity index (χ2v) is 9.11. The van der Waals surface area contributed by atoms with E-state index < -0.39 is 0 Å². The minimum atomic E-state index is -0.130. The molecule has 1 unspecified atom stereocenters. The Kier molecular flexibility index (Phi) is 5.26. The molecule has 0 spiro atoms. The summed E-state index contributed by atoms with van der Waals surface area (Å²) < 4.78 is 1.87. The van der Waals surface area contributed by atoms with Crippen LogP contribution in [0.1, 0.15) is 56.6 Å². The number of carbonyl (C=O) groups is 1. The van der Waals surface area contributed by atoms with Crippen molar-refractivity contribution in [2.45, 2.75) is 44.9 Å². The van der Waals surface area contributed by atoms with Crippen molar-refractivity contribution in [1.29, 1.82) is 0 Å². The molecule has 0 bridgehead atoms. The molecule has 1 aromatic heterocycles. The lowest BCUT2D eigenvalue weighted by atomic mass is 9.83. The van der Waals surface area contributed by atoms with E-state index in [2.05, 4.69) is 57.6 Å². The van der Waals surface area contributed by atoms with E-state index in [1.54, 1.807) is 6.08 Å². The van der Waals surface area contributed by atoms with E-state index in [4.69, 9.17) is 4.98 Å². The van der Waals surface area contributed by atoms with Crippen LogP contribution in [0.2, 0.25) is 0 Å². The van der Waals surface area contributed by atoms with E-state index in [-0.39, 0.29) is 17.1 Å². The van der Waals surface area contributed by atoms with Gasteiger partial charge >= 0.3 is 0 Å². The number of rotatable bonds is 2. The molecule has 1 aromatic carbocycles. The first-order valence-corrected chi connectivity index (χ1v) is 9.85. The maximum absolute atomic E-state index is 12.4. The van der Waals surface area contributed by atoms with Crippen LogP contribution in [0.4, 0.5) is 0 Å². The quantitative estimate of drug-likeness (QED) is 0.562. The topological polar surface area (TPSA) is 42.9 Å². The fraction of sp³-hybridized carbons (Fsp3) is 0.350. The Labute approximate surface area is 165 Å². The molecule has 5 heteroatoms. The first-order chi connectivity index (χ1) is 11.8. The van der Waals surface area contributed by atoms with E-state index in [0.29, 0.717) is 6.42 Å². The molecule has 0 saturated carbocycles. The highest BCUT2D eigenvalue weighted by Gasteiger charge is 2.28. The van der Waals surface area contributed by atoms with Crippen LogP contribution >= 0.6 is 31.9 Å². The lowest BCUT2D eigenvalue weighted by Crippen LogP contribution is -2.20. The molecule has 1 aliphatic carbocycles. The average molecular weight is 464 g/mol. The first-order valence-electron chi connectivity index (χ1n) is 8.27. The Morgan fingerprint density at radius 1 is 1.08 bits per heavy atom. The molecule has 3 rings (SSSR count). The van der Waals surface area contributed by atoms with Crippen LogP contribution in [0.25, 0.3) is 5.57 Å². The highest BCUT2D eigenvalue weighted by Crippen LogP contribution is 2.39. The maximum atomic E-state index is 12.4. The summed E-state index contributed by atoms with van der Waals surface area (Å²) in [6.45, 7) is 6.29. The third kappa shape index (κ3) is 4.09. The van der Waals surface area contributed by atoms with Crippen molar-refractivity contribution in [3.63, 3.8) is 0 Å². The molecule has 1 atom stereocenters. The minimum absolute atomic E-state index is 0.0538. The Morgan fingerprint density at radius 3 is 2.48 bits per heavy atom. The van der Waals surface area contributed by atoms with Gasteiger partial charge in [0.1, 0.15) is 5.82 Å². The fourth-order valence-corrected chi connectivity index (χ4v) is 4.08. The number of aromatic nitrogens is 2. The zero-order valence-corrected chi connectivity index (χ0v) is 17.7. The molecule has 0 amide bonds. The highest BCUT2D eigenvalue weighted by atomic mass is 79.9. The number of hydrogen-bond donors (Lipinski definition) is 0. The normalized spacial score (nSPS) is 18.2. The zero-order chi connectivity index (χ0) is 18.2. The largest absolute Gasteiger partial charge is 0.295 e. The van der Waals surface area contributed by atoms with E-state index in [1.807, 2.05) is 30.5 Å². The Hall–Kier alpha value is -1.33. The van der Waals surface area contributed by atoms with Gasteiger partial charge in [-0.15, -0.1) is 0 Å². The number of halogens is 2. The molecule has 130 valence electrons. The molecular weight excluding hydrogens is 444 g/mol. The van der Waals surface area contributed by atoms with Crippen LogP contribution in [0.5, 0.6) is 0 Å². The molecule has 0 radical (unpaired) electrons. The number of benzene rings is 1. The molecule has 2 aromatic rings. The van der Waals surface area contributed by atoms with Crippen LogP contribution in [0.15, 0.2) is 45.5 Å². The summed E-state index contributed by atoms with van der Waals surface area (Å²) >= 11 is 7.17. The average Bonchev–Trinajstić information content (AvgIpc) is 2.54. The second-order valence-electron chi connectivity index (χ2n) is 7.40.